The lowest BCUT2D eigenvalue weighted by molar-refractivity contribution is -0.126. The van der Waals surface area contributed by atoms with Crippen LogP contribution in [-0.4, -0.2) is 51.0 Å². The lowest BCUT2D eigenvalue weighted by atomic mass is 9.92. The van der Waals surface area contributed by atoms with Crippen LogP contribution in [0.1, 0.15) is 39.0 Å². The zero-order chi connectivity index (χ0) is 14.2. The SMILES string of the molecule is C[C@H]1C[C@@H](C(=O)NCCCOCC2CCCO2)CCN1.Cl. The topological polar surface area (TPSA) is 59.6 Å². The summed E-state index contributed by atoms with van der Waals surface area (Å²) in [4.78, 5) is 12.0. The number of hydrogen-bond acceptors (Lipinski definition) is 4. The van der Waals surface area contributed by atoms with Gasteiger partial charge in [0.05, 0.1) is 12.7 Å². The molecule has 2 fully saturated rings. The summed E-state index contributed by atoms with van der Waals surface area (Å²) in [7, 11) is 0. The van der Waals surface area contributed by atoms with E-state index in [-0.39, 0.29) is 24.2 Å². The minimum absolute atomic E-state index is 0. The average molecular weight is 321 g/mol. The molecule has 0 radical (unpaired) electrons. The standard InChI is InChI=1S/C15H28N2O3.ClH/c1-12-10-13(5-7-16-12)15(18)17-6-3-8-19-11-14-4-2-9-20-14;/h12-14,16H,2-11H2,1H3,(H,17,18);1H/t12-,13-,14?;/m0./s1. The largest absolute Gasteiger partial charge is 0.379 e. The molecule has 0 bridgehead atoms. The van der Waals surface area contributed by atoms with Crippen LogP contribution in [0.4, 0.5) is 0 Å². The molecule has 3 atom stereocenters. The molecule has 1 unspecified atom stereocenters. The second-order valence-corrected chi connectivity index (χ2v) is 5.93. The van der Waals surface area contributed by atoms with E-state index in [1.54, 1.807) is 0 Å². The lowest BCUT2D eigenvalue weighted by Gasteiger charge is -2.27. The molecule has 0 aromatic heterocycles. The van der Waals surface area contributed by atoms with Gasteiger partial charge in [0, 0.05) is 31.7 Å². The molecule has 2 heterocycles. The van der Waals surface area contributed by atoms with E-state index in [1.165, 1.54) is 0 Å². The van der Waals surface area contributed by atoms with Gasteiger partial charge in [-0.05, 0) is 45.6 Å². The Balaban J connectivity index is 0.00000220. The van der Waals surface area contributed by atoms with Crippen LogP contribution in [0, 0.1) is 5.92 Å². The van der Waals surface area contributed by atoms with Crippen LogP contribution >= 0.6 is 12.4 Å². The van der Waals surface area contributed by atoms with Crippen LogP contribution in [0.5, 0.6) is 0 Å². The summed E-state index contributed by atoms with van der Waals surface area (Å²) >= 11 is 0. The Hall–Kier alpha value is -0.360. The van der Waals surface area contributed by atoms with E-state index >= 15 is 0 Å². The van der Waals surface area contributed by atoms with Crippen molar-refractivity contribution in [3.05, 3.63) is 0 Å². The van der Waals surface area contributed by atoms with E-state index in [0.29, 0.717) is 31.9 Å². The van der Waals surface area contributed by atoms with Crippen molar-refractivity contribution in [3.8, 4) is 0 Å². The Kier molecular flexibility index (Phi) is 9.24. The fraction of sp³-hybridized carbons (Fsp3) is 0.933. The Bertz CT molecular complexity index is 299. The third-order valence-corrected chi connectivity index (χ3v) is 4.09. The van der Waals surface area contributed by atoms with Crippen LogP contribution in [0.15, 0.2) is 0 Å². The molecule has 6 heteroatoms. The highest BCUT2D eigenvalue weighted by Crippen LogP contribution is 2.16. The highest BCUT2D eigenvalue weighted by Gasteiger charge is 2.24. The van der Waals surface area contributed by atoms with E-state index < -0.39 is 0 Å². The van der Waals surface area contributed by atoms with Crippen molar-refractivity contribution in [1.82, 2.24) is 10.6 Å². The van der Waals surface area contributed by atoms with E-state index in [9.17, 15) is 4.79 Å². The summed E-state index contributed by atoms with van der Waals surface area (Å²) < 4.78 is 11.1. The van der Waals surface area contributed by atoms with E-state index in [1.807, 2.05) is 0 Å². The molecule has 2 saturated heterocycles. The van der Waals surface area contributed by atoms with Crippen LogP contribution in [0.2, 0.25) is 0 Å². The molecule has 2 aliphatic heterocycles. The van der Waals surface area contributed by atoms with Gasteiger partial charge in [0.15, 0.2) is 0 Å². The van der Waals surface area contributed by atoms with E-state index in [2.05, 4.69) is 17.6 Å². The van der Waals surface area contributed by atoms with Gasteiger partial charge in [0.2, 0.25) is 5.91 Å². The molecule has 5 nitrogen and oxygen atoms in total. The smallest absolute Gasteiger partial charge is 0.223 e. The maximum Gasteiger partial charge on any atom is 0.223 e. The number of amides is 1. The van der Waals surface area contributed by atoms with Gasteiger partial charge in [0.25, 0.3) is 0 Å². The van der Waals surface area contributed by atoms with Crippen LogP contribution in [0.25, 0.3) is 0 Å². The molecule has 2 aliphatic rings. The molecule has 21 heavy (non-hydrogen) atoms. The van der Waals surface area contributed by atoms with Gasteiger partial charge in [-0.2, -0.15) is 0 Å². The van der Waals surface area contributed by atoms with Crippen LogP contribution in [0.3, 0.4) is 0 Å². The Morgan fingerprint density at radius 3 is 3.00 bits per heavy atom. The molecule has 1 amide bonds. The molecule has 2 N–H and O–H groups in total. The summed E-state index contributed by atoms with van der Waals surface area (Å²) in [5.74, 6) is 0.386. The van der Waals surface area contributed by atoms with Gasteiger partial charge in [-0.25, -0.2) is 0 Å². The minimum Gasteiger partial charge on any atom is -0.379 e. The van der Waals surface area contributed by atoms with Gasteiger partial charge in [-0.15, -0.1) is 12.4 Å². The van der Waals surface area contributed by atoms with Crippen molar-refractivity contribution in [2.45, 2.75) is 51.2 Å². The van der Waals surface area contributed by atoms with Crippen molar-refractivity contribution in [2.24, 2.45) is 5.92 Å². The highest BCUT2D eigenvalue weighted by molar-refractivity contribution is 5.85. The first kappa shape index (κ1) is 18.7. The van der Waals surface area contributed by atoms with Gasteiger partial charge in [-0.1, -0.05) is 0 Å². The van der Waals surface area contributed by atoms with Gasteiger partial charge in [0.1, 0.15) is 0 Å². The number of carbonyl (C=O) groups is 1. The molecule has 2 rings (SSSR count). The normalized spacial score (nSPS) is 28.9. The number of rotatable bonds is 7. The molecule has 0 saturated carbocycles. The summed E-state index contributed by atoms with van der Waals surface area (Å²) in [6, 6.07) is 0.453. The lowest BCUT2D eigenvalue weighted by Crippen LogP contribution is -2.42. The molecule has 0 aromatic carbocycles. The van der Waals surface area contributed by atoms with Crippen molar-refractivity contribution in [1.29, 1.82) is 0 Å². The number of halogens is 1. The van der Waals surface area contributed by atoms with Gasteiger partial charge in [-0.3, -0.25) is 4.79 Å². The summed E-state index contributed by atoms with van der Waals surface area (Å²) in [5.41, 5.74) is 0. The predicted molar refractivity (Wildman–Crippen MR) is 84.9 cm³/mol. The maximum atomic E-state index is 12.0. The third kappa shape index (κ3) is 6.96. The first-order valence-electron chi connectivity index (χ1n) is 7.96. The summed E-state index contributed by atoms with van der Waals surface area (Å²) in [6.45, 7) is 6.06. The van der Waals surface area contributed by atoms with Crippen LogP contribution in [-0.2, 0) is 14.3 Å². The van der Waals surface area contributed by atoms with Crippen molar-refractivity contribution in [2.75, 3.05) is 32.9 Å². The van der Waals surface area contributed by atoms with Gasteiger partial charge < -0.3 is 20.1 Å². The van der Waals surface area contributed by atoms with Gasteiger partial charge >= 0.3 is 0 Å². The number of hydrogen-bond donors (Lipinski definition) is 2. The monoisotopic (exact) mass is 320 g/mol. The number of nitrogens with one attached hydrogen (secondary N) is 2. The zero-order valence-electron chi connectivity index (χ0n) is 12.9. The fourth-order valence-electron chi connectivity index (χ4n) is 2.89. The molecule has 0 aliphatic carbocycles. The third-order valence-electron chi connectivity index (χ3n) is 4.09. The quantitative estimate of drug-likeness (QED) is 0.698. The van der Waals surface area contributed by atoms with Crippen molar-refractivity contribution in [3.63, 3.8) is 0 Å². The summed E-state index contributed by atoms with van der Waals surface area (Å²) in [6.07, 6.45) is 5.33. The zero-order valence-corrected chi connectivity index (χ0v) is 13.8. The van der Waals surface area contributed by atoms with Crippen molar-refractivity contribution < 1.29 is 14.3 Å². The average Bonchev–Trinajstić information content (AvgIpc) is 2.95. The highest BCUT2D eigenvalue weighted by atomic mass is 35.5. The number of carbonyl (C=O) groups excluding carboxylic acids is 1. The van der Waals surface area contributed by atoms with Crippen molar-refractivity contribution >= 4 is 18.3 Å². The Morgan fingerprint density at radius 2 is 2.29 bits per heavy atom. The predicted octanol–water partition coefficient (Wildman–Crippen LogP) is 1.50. The second-order valence-electron chi connectivity index (χ2n) is 5.93. The number of piperidine rings is 1. The fourth-order valence-corrected chi connectivity index (χ4v) is 2.89. The summed E-state index contributed by atoms with van der Waals surface area (Å²) in [5, 5.41) is 6.39. The Morgan fingerprint density at radius 1 is 1.43 bits per heavy atom. The van der Waals surface area contributed by atoms with Crippen LogP contribution < -0.4 is 10.6 Å². The van der Waals surface area contributed by atoms with E-state index in [4.69, 9.17) is 9.47 Å². The number of ether oxygens (including phenoxy) is 2. The molecule has 124 valence electrons. The first-order valence-corrected chi connectivity index (χ1v) is 7.96. The molecular formula is C15H29ClN2O3. The van der Waals surface area contributed by atoms with E-state index in [0.717, 1.165) is 45.3 Å². The second kappa shape index (κ2) is 10.4. The maximum absolute atomic E-state index is 12.0. The first-order chi connectivity index (χ1) is 9.75. The molecular weight excluding hydrogens is 292 g/mol. The minimum atomic E-state index is 0. The molecule has 0 spiro atoms. The molecule has 0 aromatic rings. The Labute approximate surface area is 133 Å².